The Morgan fingerprint density at radius 3 is 2.50 bits per heavy atom. The Balaban J connectivity index is 1.41. The molecule has 226 valence electrons. The van der Waals surface area contributed by atoms with E-state index in [9.17, 15) is 18.0 Å². The maximum absolute atomic E-state index is 13.0. The number of methoxy groups -OCH3 is 1. The number of fused-ring (bicyclic) bond motifs is 1. The molecular formula is C34H34N4O5S. The average molecular weight is 611 g/mol. The predicted octanol–water partition coefficient (Wildman–Crippen LogP) is 5.58. The Morgan fingerprint density at radius 1 is 1.05 bits per heavy atom. The minimum Gasteiger partial charge on any atom is -0.496 e. The lowest BCUT2D eigenvalue weighted by molar-refractivity contribution is 0.0945. The van der Waals surface area contributed by atoms with Crippen molar-refractivity contribution in [3.05, 3.63) is 101 Å². The number of carbonyl (C=O) groups is 2. The summed E-state index contributed by atoms with van der Waals surface area (Å²) in [6.45, 7) is 2.66. The van der Waals surface area contributed by atoms with Gasteiger partial charge in [0.15, 0.2) is 0 Å². The van der Waals surface area contributed by atoms with Gasteiger partial charge in [-0.05, 0) is 67.7 Å². The Morgan fingerprint density at radius 2 is 1.77 bits per heavy atom. The van der Waals surface area contributed by atoms with Gasteiger partial charge in [0.05, 0.1) is 24.6 Å². The Labute approximate surface area is 257 Å². The van der Waals surface area contributed by atoms with Crippen LogP contribution in [0.25, 0.3) is 17.0 Å². The zero-order chi connectivity index (χ0) is 31.3. The van der Waals surface area contributed by atoms with Crippen LogP contribution >= 0.6 is 0 Å². The number of nitriles is 1. The quantitative estimate of drug-likeness (QED) is 0.226. The molecule has 9 nitrogen and oxygen atoms in total. The smallest absolute Gasteiger partial charge is 0.265 e. The standard InChI is InChI=1S/C34H34N4O5S/c1-23-8-3-6-12-32(23)44(41,42)37-34(40)26-13-14-28(31(19-26)43-2)22-38-21-27(11-7-17-35)29-16-15-25(18-30(29)38)33(39)36-20-24-9-4-5-10-24/h3,6-8,11-16,18-19,21,24H,4-5,9-10,20,22H2,1-2H3,(H,36,39)(H,37,40)/b11-7+. The number of hydrogen-bond donors (Lipinski definition) is 2. The van der Waals surface area contributed by atoms with E-state index in [1.54, 1.807) is 49.4 Å². The third-order valence-corrected chi connectivity index (χ3v) is 9.53. The highest BCUT2D eigenvalue weighted by atomic mass is 32.2. The maximum Gasteiger partial charge on any atom is 0.265 e. The number of carbonyl (C=O) groups excluding carboxylic acids is 2. The average Bonchev–Trinajstić information content (AvgIpc) is 3.66. The molecule has 44 heavy (non-hydrogen) atoms. The van der Waals surface area contributed by atoms with E-state index >= 15 is 0 Å². The number of nitrogens with zero attached hydrogens (tertiary/aromatic N) is 2. The van der Waals surface area contributed by atoms with Crippen molar-refractivity contribution in [3.8, 4) is 11.8 Å². The topological polar surface area (TPSA) is 130 Å². The second-order valence-corrected chi connectivity index (χ2v) is 12.6. The largest absolute Gasteiger partial charge is 0.496 e. The van der Waals surface area contributed by atoms with Gasteiger partial charge >= 0.3 is 0 Å². The second kappa shape index (κ2) is 13.2. The van der Waals surface area contributed by atoms with Crippen LogP contribution in [0, 0.1) is 24.2 Å². The number of sulfonamides is 1. The van der Waals surface area contributed by atoms with Gasteiger partial charge in [-0.3, -0.25) is 9.59 Å². The number of allylic oxidation sites excluding steroid dienone is 1. The molecular weight excluding hydrogens is 576 g/mol. The van der Waals surface area contributed by atoms with Gasteiger partial charge in [-0.1, -0.05) is 43.2 Å². The summed E-state index contributed by atoms with van der Waals surface area (Å²) < 4.78 is 35.4. The highest BCUT2D eigenvalue weighted by molar-refractivity contribution is 7.90. The molecule has 1 heterocycles. The van der Waals surface area contributed by atoms with E-state index in [-0.39, 0.29) is 16.4 Å². The van der Waals surface area contributed by atoms with Crippen molar-refractivity contribution in [2.75, 3.05) is 13.7 Å². The van der Waals surface area contributed by atoms with Crippen molar-refractivity contribution in [2.24, 2.45) is 5.92 Å². The molecule has 0 spiro atoms. The summed E-state index contributed by atoms with van der Waals surface area (Å²) in [5.41, 5.74) is 3.53. The number of ether oxygens (including phenoxy) is 1. The Kier molecular flexibility index (Phi) is 9.16. The van der Waals surface area contributed by atoms with E-state index in [0.29, 0.717) is 35.9 Å². The van der Waals surface area contributed by atoms with Crippen LogP contribution in [0.15, 0.2) is 77.8 Å². The van der Waals surface area contributed by atoms with Gasteiger partial charge in [0.2, 0.25) is 0 Å². The minimum absolute atomic E-state index is 0.0317. The molecule has 5 rings (SSSR count). The molecule has 2 amide bonds. The van der Waals surface area contributed by atoms with Gasteiger partial charge in [0, 0.05) is 52.0 Å². The van der Waals surface area contributed by atoms with Gasteiger partial charge in [-0.25, -0.2) is 13.1 Å². The number of hydrogen-bond acceptors (Lipinski definition) is 6. The van der Waals surface area contributed by atoms with Crippen LogP contribution in [0.5, 0.6) is 5.75 Å². The zero-order valence-electron chi connectivity index (χ0n) is 24.7. The normalized spacial score (nSPS) is 13.7. The lowest BCUT2D eigenvalue weighted by Gasteiger charge is -2.14. The third-order valence-electron chi connectivity index (χ3n) is 8.04. The molecule has 0 radical (unpaired) electrons. The molecule has 1 saturated carbocycles. The molecule has 0 bridgehead atoms. The summed E-state index contributed by atoms with van der Waals surface area (Å²) >= 11 is 0. The summed E-state index contributed by atoms with van der Waals surface area (Å²) in [5.74, 6) is 0.0117. The van der Waals surface area contributed by atoms with E-state index in [1.165, 1.54) is 38.2 Å². The number of amides is 2. The van der Waals surface area contributed by atoms with Gasteiger partial charge in [0.1, 0.15) is 5.75 Å². The Hall–Kier alpha value is -4.88. The van der Waals surface area contributed by atoms with Crippen molar-refractivity contribution >= 4 is 38.8 Å². The molecule has 0 atom stereocenters. The molecule has 2 N–H and O–H groups in total. The zero-order valence-corrected chi connectivity index (χ0v) is 25.5. The van der Waals surface area contributed by atoms with Crippen molar-refractivity contribution in [1.29, 1.82) is 5.26 Å². The molecule has 10 heteroatoms. The second-order valence-electron chi connectivity index (χ2n) is 11.0. The fraction of sp³-hybridized carbons (Fsp3) is 0.265. The molecule has 1 aliphatic carbocycles. The van der Waals surface area contributed by atoms with Gasteiger partial charge < -0.3 is 14.6 Å². The highest BCUT2D eigenvalue weighted by Gasteiger charge is 2.22. The first-order valence-electron chi connectivity index (χ1n) is 14.5. The monoisotopic (exact) mass is 610 g/mol. The predicted molar refractivity (Wildman–Crippen MR) is 169 cm³/mol. The number of nitrogens with one attached hydrogen (secondary N) is 2. The highest BCUT2D eigenvalue weighted by Crippen LogP contribution is 2.29. The van der Waals surface area contributed by atoms with E-state index in [4.69, 9.17) is 10.00 Å². The lowest BCUT2D eigenvalue weighted by Crippen LogP contribution is -2.31. The van der Waals surface area contributed by atoms with Crippen LogP contribution in [-0.4, -0.2) is 38.5 Å². The van der Waals surface area contributed by atoms with Crippen molar-refractivity contribution in [2.45, 2.75) is 44.0 Å². The van der Waals surface area contributed by atoms with Crippen LogP contribution in [0.2, 0.25) is 0 Å². The van der Waals surface area contributed by atoms with Gasteiger partial charge in [-0.15, -0.1) is 0 Å². The van der Waals surface area contributed by atoms with Crippen LogP contribution in [-0.2, 0) is 16.6 Å². The van der Waals surface area contributed by atoms with E-state index in [0.717, 1.165) is 34.9 Å². The number of benzene rings is 3. The maximum atomic E-state index is 13.0. The number of aryl methyl sites for hydroxylation is 1. The fourth-order valence-electron chi connectivity index (χ4n) is 5.70. The third kappa shape index (κ3) is 6.68. The SMILES string of the molecule is COc1cc(C(=O)NS(=O)(=O)c2ccccc2C)ccc1Cn1cc(/C=C/C#N)c2ccc(C(=O)NCC3CCCC3)cc21. The van der Waals surface area contributed by atoms with E-state index in [1.807, 2.05) is 29.0 Å². The van der Waals surface area contributed by atoms with Crippen molar-refractivity contribution < 1.29 is 22.7 Å². The van der Waals surface area contributed by atoms with Gasteiger partial charge in [-0.2, -0.15) is 5.26 Å². The number of aromatic nitrogens is 1. The summed E-state index contributed by atoms with van der Waals surface area (Å²) in [7, 11) is -2.59. The molecule has 4 aromatic rings. The summed E-state index contributed by atoms with van der Waals surface area (Å²) in [4.78, 5) is 26.0. The Bertz CT molecular complexity index is 1900. The van der Waals surface area contributed by atoms with Crippen LogP contribution < -0.4 is 14.8 Å². The number of rotatable bonds is 10. The minimum atomic E-state index is -4.07. The first-order chi connectivity index (χ1) is 21.2. The molecule has 1 aliphatic rings. The summed E-state index contributed by atoms with van der Waals surface area (Å²) in [6.07, 6.45) is 9.72. The summed E-state index contributed by atoms with van der Waals surface area (Å²) in [6, 6.07) is 18.7. The first-order valence-corrected chi connectivity index (χ1v) is 16.0. The first kappa shape index (κ1) is 30.6. The molecule has 0 unspecified atom stereocenters. The van der Waals surface area contributed by atoms with Gasteiger partial charge in [0.25, 0.3) is 21.8 Å². The van der Waals surface area contributed by atoms with E-state index in [2.05, 4.69) is 10.0 Å². The molecule has 0 saturated heterocycles. The fourth-order valence-corrected chi connectivity index (χ4v) is 6.92. The van der Waals surface area contributed by atoms with Crippen molar-refractivity contribution in [1.82, 2.24) is 14.6 Å². The molecule has 1 fully saturated rings. The van der Waals surface area contributed by atoms with Crippen LogP contribution in [0.3, 0.4) is 0 Å². The van der Waals surface area contributed by atoms with E-state index < -0.39 is 15.9 Å². The van der Waals surface area contributed by atoms with Crippen molar-refractivity contribution in [3.63, 3.8) is 0 Å². The van der Waals surface area contributed by atoms with Crippen LogP contribution in [0.4, 0.5) is 0 Å². The molecule has 1 aromatic heterocycles. The lowest BCUT2D eigenvalue weighted by atomic mass is 10.1. The molecule has 3 aromatic carbocycles. The van der Waals surface area contributed by atoms with Crippen LogP contribution in [0.1, 0.15) is 63.1 Å². The summed E-state index contributed by atoms with van der Waals surface area (Å²) in [5, 5.41) is 13.1. The molecule has 0 aliphatic heterocycles.